The van der Waals surface area contributed by atoms with Gasteiger partial charge in [-0.3, -0.25) is 4.79 Å². The van der Waals surface area contributed by atoms with Crippen molar-refractivity contribution in [2.75, 3.05) is 7.11 Å². The third-order valence-corrected chi connectivity index (χ3v) is 3.24. The molecule has 1 unspecified atom stereocenters. The summed E-state index contributed by atoms with van der Waals surface area (Å²) in [5, 5.41) is 17.3. The van der Waals surface area contributed by atoms with Crippen molar-refractivity contribution in [2.24, 2.45) is 10.2 Å². The number of carbonyl (C=O) groups is 1. The molecule has 1 aromatic carbocycles. The molecule has 0 fully saturated rings. The Morgan fingerprint density at radius 3 is 2.52 bits per heavy atom. The average Bonchev–Trinajstić information content (AvgIpc) is 2.47. The number of carboxylic acid groups (broad SMARTS) is 1. The fourth-order valence-electron chi connectivity index (χ4n) is 1.83. The first-order chi connectivity index (χ1) is 9.94. The Hall–Kier alpha value is -1.75. The van der Waals surface area contributed by atoms with Crippen molar-refractivity contribution in [1.29, 1.82) is 0 Å². The van der Waals surface area contributed by atoms with E-state index < -0.39 is 11.7 Å². The Bertz CT molecular complexity index is 458. The van der Waals surface area contributed by atoms with Gasteiger partial charge in [-0.05, 0) is 32.3 Å². The van der Waals surface area contributed by atoms with Gasteiger partial charge >= 0.3 is 5.97 Å². The summed E-state index contributed by atoms with van der Waals surface area (Å²) in [7, 11) is 1.60. The summed E-state index contributed by atoms with van der Waals surface area (Å²) >= 11 is 0. The van der Waals surface area contributed by atoms with Crippen LogP contribution in [-0.4, -0.2) is 23.9 Å². The standard InChI is InChI=1S/C16H24N2O3/c1-16(2,21-3)18-17-14(11-7-8-12-15(19)20)13-9-5-4-6-10-13/h4-6,9-10,14H,7-8,11-12H2,1-3H3,(H,19,20)/b18-17+. The minimum absolute atomic E-state index is 0.0607. The molecule has 0 saturated heterocycles. The Balaban J connectivity index is 2.69. The Kier molecular flexibility index (Phi) is 7.02. The van der Waals surface area contributed by atoms with E-state index in [9.17, 15) is 4.79 Å². The van der Waals surface area contributed by atoms with E-state index in [1.165, 1.54) is 0 Å². The van der Waals surface area contributed by atoms with E-state index in [-0.39, 0.29) is 12.5 Å². The maximum Gasteiger partial charge on any atom is 0.303 e. The summed E-state index contributed by atoms with van der Waals surface area (Å²) in [6, 6.07) is 9.87. The molecule has 0 aliphatic heterocycles. The highest BCUT2D eigenvalue weighted by Gasteiger charge is 2.16. The van der Waals surface area contributed by atoms with Crippen LogP contribution in [0.15, 0.2) is 40.6 Å². The molecule has 0 aliphatic rings. The number of nitrogens with zero attached hydrogens (tertiary/aromatic N) is 2. The van der Waals surface area contributed by atoms with Crippen LogP contribution in [0.2, 0.25) is 0 Å². The van der Waals surface area contributed by atoms with Gasteiger partial charge in [0.2, 0.25) is 0 Å². The summed E-state index contributed by atoms with van der Waals surface area (Å²) < 4.78 is 5.24. The second kappa shape index (κ2) is 8.52. The summed E-state index contributed by atoms with van der Waals surface area (Å²) in [5.74, 6) is -0.756. The molecule has 1 N–H and O–H groups in total. The largest absolute Gasteiger partial charge is 0.481 e. The molecule has 0 amide bonds. The molecule has 0 heterocycles. The van der Waals surface area contributed by atoms with Gasteiger partial charge in [0.1, 0.15) is 0 Å². The van der Waals surface area contributed by atoms with Crippen molar-refractivity contribution < 1.29 is 14.6 Å². The molecule has 0 radical (unpaired) electrons. The molecular weight excluding hydrogens is 268 g/mol. The zero-order valence-electron chi connectivity index (χ0n) is 13.0. The molecule has 1 rings (SSSR count). The van der Waals surface area contributed by atoms with Gasteiger partial charge in [0, 0.05) is 13.5 Å². The summed E-state index contributed by atoms with van der Waals surface area (Å²) in [4.78, 5) is 10.6. The first kappa shape index (κ1) is 17.3. The molecule has 5 heteroatoms. The first-order valence-electron chi connectivity index (χ1n) is 7.18. The van der Waals surface area contributed by atoms with E-state index in [4.69, 9.17) is 9.84 Å². The lowest BCUT2D eigenvalue weighted by Crippen LogP contribution is -2.18. The summed E-state index contributed by atoms with van der Waals surface area (Å²) in [6.45, 7) is 3.70. The van der Waals surface area contributed by atoms with Crippen molar-refractivity contribution in [2.45, 2.75) is 51.3 Å². The number of hydrogen-bond donors (Lipinski definition) is 1. The number of hydrogen-bond acceptors (Lipinski definition) is 4. The van der Waals surface area contributed by atoms with E-state index in [2.05, 4.69) is 10.2 Å². The fourth-order valence-corrected chi connectivity index (χ4v) is 1.83. The van der Waals surface area contributed by atoms with Crippen LogP contribution in [0.25, 0.3) is 0 Å². The molecule has 5 nitrogen and oxygen atoms in total. The molecule has 0 aromatic heterocycles. The van der Waals surface area contributed by atoms with Crippen LogP contribution >= 0.6 is 0 Å². The quantitative estimate of drug-likeness (QED) is 0.547. The highest BCUT2D eigenvalue weighted by atomic mass is 16.5. The smallest absolute Gasteiger partial charge is 0.303 e. The van der Waals surface area contributed by atoms with Gasteiger partial charge in [0.25, 0.3) is 0 Å². The molecule has 0 aliphatic carbocycles. The molecule has 0 bridgehead atoms. The maximum atomic E-state index is 10.6. The molecule has 0 saturated carbocycles. The zero-order chi connectivity index (χ0) is 15.7. The van der Waals surface area contributed by atoms with Crippen LogP contribution in [0, 0.1) is 0 Å². The Labute approximate surface area is 126 Å². The molecule has 21 heavy (non-hydrogen) atoms. The van der Waals surface area contributed by atoms with Gasteiger partial charge in [-0.1, -0.05) is 36.8 Å². The van der Waals surface area contributed by atoms with Crippen molar-refractivity contribution in [1.82, 2.24) is 0 Å². The number of rotatable bonds is 9. The third-order valence-electron chi connectivity index (χ3n) is 3.24. The highest BCUT2D eigenvalue weighted by molar-refractivity contribution is 5.66. The van der Waals surface area contributed by atoms with Crippen molar-refractivity contribution in [3.63, 3.8) is 0 Å². The molecule has 1 atom stereocenters. The number of methoxy groups -OCH3 is 1. The predicted molar refractivity (Wildman–Crippen MR) is 81.2 cm³/mol. The monoisotopic (exact) mass is 292 g/mol. The second-order valence-electron chi connectivity index (χ2n) is 5.43. The van der Waals surface area contributed by atoms with E-state index in [0.29, 0.717) is 6.42 Å². The fraction of sp³-hybridized carbons (Fsp3) is 0.562. The number of ether oxygens (including phenoxy) is 1. The van der Waals surface area contributed by atoms with E-state index in [0.717, 1.165) is 18.4 Å². The summed E-state index contributed by atoms with van der Waals surface area (Å²) in [6.07, 6.45) is 2.43. The van der Waals surface area contributed by atoms with Crippen LogP contribution < -0.4 is 0 Å². The average molecular weight is 292 g/mol. The van der Waals surface area contributed by atoms with E-state index >= 15 is 0 Å². The number of carboxylic acids is 1. The number of benzene rings is 1. The zero-order valence-corrected chi connectivity index (χ0v) is 13.0. The van der Waals surface area contributed by atoms with Gasteiger partial charge in [-0.2, -0.15) is 10.2 Å². The van der Waals surface area contributed by atoms with Crippen molar-refractivity contribution in [3.05, 3.63) is 35.9 Å². The third kappa shape index (κ3) is 6.99. The SMILES string of the molecule is COC(C)(C)/N=N/C(CCCCC(=O)O)c1ccccc1. The van der Waals surface area contributed by atoms with E-state index in [1.54, 1.807) is 7.11 Å². The lowest BCUT2D eigenvalue weighted by molar-refractivity contribution is -0.137. The topological polar surface area (TPSA) is 71.2 Å². The van der Waals surface area contributed by atoms with E-state index in [1.807, 2.05) is 44.2 Å². The van der Waals surface area contributed by atoms with Crippen LogP contribution in [-0.2, 0) is 9.53 Å². The van der Waals surface area contributed by atoms with Gasteiger partial charge in [0.15, 0.2) is 5.72 Å². The lowest BCUT2D eigenvalue weighted by Gasteiger charge is -2.18. The van der Waals surface area contributed by atoms with Crippen LogP contribution in [0.3, 0.4) is 0 Å². The van der Waals surface area contributed by atoms with Gasteiger partial charge < -0.3 is 9.84 Å². The van der Waals surface area contributed by atoms with Crippen molar-refractivity contribution in [3.8, 4) is 0 Å². The van der Waals surface area contributed by atoms with Crippen LogP contribution in [0.1, 0.15) is 51.1 Å². The number of aliphatic carboxylic acids is 1. The number of azo groups is 1. The minimum Gasteiger partial charge on any atom is -0.481 e. The van der Waals surface area contributed by atoms with Gasteiger partial charge in [-0.15, -0.1) is 0 Å². The minimum atomic E-state index is -0.756. The molecule has 116 valence electrons. The molecular formula is C16H24N2O3. The highest BCUT2D eigenvalue weighted by Crippen LogP contribution is 2.26. The van der Waals surface area contributed by atoms with Crippen LogP contribution in [0.4, 0.5) is 0 Å². The molecule has 0 spiro atoms. The Morgan fingerprint density at radius 1 is 1.29 bits per heavy atom. The predicted octanol–water partition coefficient (Wildman–Crippen LogP) is 4.21. The van der Waals surface area contributed by atoms with Crippen LogP contribution in [0.5, 0.6) is 0 Å². The molecule has 1 aromatic rings. The van der Waals surface area contributed by atoms with Crippen molar-refractivity contribution >= 4 is 5.97 Å². The van der Waals surface area contributed by atoms with Gasteiger partial charge in [0.05, 0.1) is 6.04 Å². The van der Waals surface area contributed by atoms with Gasteiger partial charge in [-0.25, -0.2) is 0 Å². The number of unbranched alkanes of at least 4 members (excludes halogenated alkanes) is 1. The second-order valence-corrected chi connectivity index (χ2v) is 5.43. The summed E-state index contributed by atoms with van der Waals surface area (Å²) in [5.41, 5.74) is 0.442. The first-order valence-corrected chi connectivity index (χ1v) is 7.18. The lowest BCUT2D eigenvalue weighted by atomic mass is 10.0. The Morgan fingerprint density at radius 2 is 1.95 bits per heavy atom. The normalized spacial score (nSPS) is 13.5. The maximum absolute atomic E-state index is 10.6.